The van der Waals surface area contributed by atoms with E-state index in [0.717, 1.165) is 25.1 Å². The predicted octanol–water partition coefficient (Wildman–Crippen LogP) is 4.09. The lowest BCUT2D eigenvalue weighted by atomic mass is 9.75. The van der Waals surface area contributed by atoms with E-state index >= 15 is 0 Å². The predicted molar refractivity (Wildman–Crippen MR) is 82.7 cm³/mol. The summed E-state index contributed by atoms with van der Waals surface area (Å²) in [4.78, 5) is 0. The van der Waals surface area contributed by atoms with Gasteiger partial charge in [0.05, 0.1) is 7.11 Å². The third-order valence-corrected chi connectivity index (χ3v) is 4.25. The van der Waals surface area contributed by atoms with Gasteiger partial charge in [-0.1, -0.05) is 44.4 Å². The molecule has 2 nitrogen and oxygen atoms in total. The minimum Gasteiger partial charge on any atom is -0.496 e. The summed E-state index contributed by atoms with van der Waals surface area (Å²) in [6.45, 7) is 7.38. The number of hydrogen-bond acceptors (Lipinski definition) is 2. The number of ether oxygens (including phenoxy) is 1. The molecule has 19 heavy (non-hydrogen) atoms. The number of hydrogen-bond donors (Lipinski definition) is 1. The highest BCUT2D eigenvalue weighted by Gasteiger charge is 2.27. The van der Waals surface area contributed by atoms with Gasteiger partial charge in [-0.3, -0.25) is 0 Å². The highest BCUT2D eigenvalue weighted by atomic mass is 16.5. The number of nitrogens with two attached hydrogens (primary N) is 1. The Bertz CT molecular complexity index is 383. The second kappa shape index (κ2) is 7.54. The van der Waals surface area contributed by atoms with Crippen LogP contribution in [-0.4, -0.2) is 13.7 Å². The summed E-state index contributed by atoms with van der Waals surface area (Å²) < 4.78 is 5.50. The fourth-order valence-electron chi connectivity index (χ4n) is 2.71. The Balaban J connectivity index is 2.98. The van der Waals surface area contributed by atoms with Crippen LogP contribution in [0.3, 0.4) is 0 Å². The molecule has 0 aromatic heterocycles. The van der Waals surface area contributed by atoms with E-state index in [1.165, 1.54) is 30.4 Å². The van der Waals surface area contributed by atoms with Crippen LogP contribution in [0.15, 0.2) is 18.2 Å². The summed E-state index contributed by atoms with van der Waals surface area (Å²) in [6.07, 6.45) is 5.82. The molecule has 1 atom stereocenters. The van der Waals surface area contributed by atoms with Crippen molar-refractivity contribution in [2.24, 2.45) is 11.1 Å². The third-order valence-electron chi connectivity index (χ3n) is 4.25. The van der Waals surface area contributed by atoms with Crippen molar-refractivity contribution in [1.82, 2.24) is 0 Å². The van der Waals surface area contributed by atoms with Gasteiger partial charge in [-0.2, -0.15) is 0 Å². The van der Waals surface area contributed by atoms with Gasteiger partial charge in [0, 0.05) is 0 Å². The van der Waals surface area contributed by atoms with Gasteiger partial charge in [0.25, 0.3) is 0 Å². The highest BCUT2D eigenvalue weighted by molar-refractivity contribution is 5.37. The van der Waals surface area contributed by atoms with E-state index in [-0.39, 0.29) is 5.41 Å². The van der Waals surface area contributed by atoms with Gasteiger partial charge in [-0.25, -0.2) is 0 Å². The zero-order valence-corrected chi connectivity index (χ0v) is 13.0. The van der Waals surface area contributed by atoms with Crippen molar-refractivity contribution < 1.29 is 4.74 Å². The van der Waals surface area contributed by atoms with Gasteiger partial charge in [-0.05, 0) is 49.8 Å². The normalized spacial score (nSPS) is 14.2. The van der Waals surface area contributed by atoms with E-state index in [1.54, 1.807) is 7.11 Å². The van der Waals surface area contributed by atoms with Crippen molar-refractivity contribution in [2.75, 3.05) is 13.7 Å². The Morgan fingerprint density at radius 3 is 2.53 bits per heavy atom. The third kappa shape index (κ3) is 4.24. The monoisotopic (exact) mass is 263 g/mol. The Morgan fingerprint density at radius 1 is 1.26 bits per heavy atom. The molecular formula is C17H29NO. The maximum absolute atomic E-state index is 6.10. The van der Waals surface area contributed by atoms with Crippen molar-refractivity contribution in [3.63, 3.8) is 0 Å². The molecule has 0 amide bonds. The molecule has 0 aliphatic heterocycles. The van der Waals surface area contributed by atoms with Gasteiger partial charge < -0.3 is 10.5 Å². The summed E-state index contributed by atoms with van der Waals surface area (Å²) in [5.41, 5.74) is 8.90. The minimum atomic E-state index is 0.219. The fourth-order valence-corrected chi connectivity index (χ4v) is 2.71. The SMILES string of the molecule is CCCCC(CC)(CN)Cc1cc(C)ccc1OC. The summed E-state index contributed by atoms with van der Waals surface area (Å²) in [6, 6.07) is 6.41. The van der Waals surface area contributed by atoms with Crippen LogP contribution in [0.5, 0.6) is 5.75 Å². The number of unbranched alkanes of at least 4 members (excludes halogenated alkanes) is 1. The van der Waals surface area contributed by atoms with Gasteiger partial charge >= 0.3 is 0 Å². The minimum absolute atomic E-state index is 0.219. The molecule has 0 spiro atoms. The van der Waals surface area contributed by atoms with Crippen LogP contribution >= 0.6 is 0 Å². The van der Waals surface area contributed by atoms with Crippen LogP contribution in [0.4, 0.5) is 0 Å². The molecule has 0 fully saturated rings. The van der Waals surface area contributed by atoms with E-state index in [4.69, 9.17) is 10.5 Å². The first-order valence-electron chi connectivity index (χ1n) is 7.44. The molecule has 0 saturated heterocycles. The molecular weight excluding hydrogens is 234 g/mol. The molecule has 1 unspecified atom stereocenters. The Labute approximate surface area is 118 Å². The second-order valence-corrected chi connectivity index (χ2v) is 5.65. The largest absolute Gasteiger partial charge is 0.496 e. The summed E-state index contributed by atoms with van der Waals surface area (Å²) in [7, 11) is 1.75. The standard InChI is InChI=1S/C17H29NO/c1-5-7-10-17(6-2,13-18)12-15-11-14(3)8-9-16(15)19-4/h8-9,11H,5-7,10,12-13,18H2,1-4H3. The van der Waals surface area contributed by atoms with Gasteiger partial charge in [0.15, 0.2) is 0 Å². The lowest BCUT2D eigenvalue weighted by Crippen LogP contribution is -2.32. The zero-order chi connectivity index (χ0) is 14.3. The molecule has 0 bridgehead atoms. The lowest BCUT2D eigenvalue weighted by molar-refractivity contribution is 0.248. The first-order chi connectivity index (χ1) is 9.10. The quantitative estimate of drug-likeness (QED) is 0.766. The molecule has 1 rings (SSSR count). The number of benzene rings is 1. The Hall–Kier alpha value is -1.02. The molecule has 2 N–H and O–H groups in total. The van der Waals surface area contributed by atoms with Gasteiger partial charge in [0.1, 0.15) is 5.75 Å². The zero-order valence-electron chi connectivity index (χ0n) is 13.0. The van der Waals surface area contributed by atoms with Gasteiger partial charge in [-0.15, -0.1) is 0 Å². The van der Waals surface area contributed by atoms with Crippen molar-refractivity contribution in [3.8, 4) is 5.75 Å². The van der Waals surface area contributed by atoms with Crippen LogP contribution in [0.2, 0.25) is 0 Å². The van der Waals surface area contributed by atoms with Gasteiger partial charge in [0.2, 0.25) is 0 Å². The van der Waals surface area contributed by atoms with Crippen molar-refractivity contribution in [3.05, 3.63) is 29.3 Å². The average molecular weight is 263 g/mol. The second-order valence-electron chi connectivity index (χ2n) is 5.65. The van der Waals surface area contributed by atoms with Crippen molar-refractivity contribution in [2.45, 2.75) is 52.9 Å². The summed E-state index contributed by atoms with van der Waals surface area (Å²) in [5.74, 6) is 0.994. The maximum atomic E-state index is 6.10. The first kappa shape index (κ1) is 16.0. The van der Waals surface area contributed by atoms with Crippen molar-refractivity contribution in [1.29, 1.82) is 0 Å². The molecule has 0 aliphatic rings. The van der Waals surface area contributed by atoms with E-state index in [9.17, 15) is 0 Å². The van der Waals surface area contributed by atoms with E-state index in [1.807, 2.05) is 0 Å². The Kier molecular flexibility index (Phi) is 6.36. The number of methoxy groups -OCH3 is 1. The fraction of sp³-hybridized carbons (Fsp3) is 0.647. The molecule has 0 saturated carbocycles. The first-order valence-corrected chi connectivity index (χ1v) is 7.44. The average Bonchev–Trinajstić information content (AvgIpc) is 2.44. The van der Waals surface area contributed by atoms with Crippen LogP contribution in [0, 0.1) is 12.3 Å². The van der Waals surface area contributed by atoms with E-state index in [2.05, 4.69) is 39.0 Å². The van der Waals surface area contributed by atoms with Crippen LogP contribution in [-0.2, 0) is 6.42 Å². The Morgan fingerprint density at radius 2 is 2.00 bits per heavy atom. The lowest BCUT2D eigenvalue weighted by Gasteiger charge is -2.32. The summed E-state index contributed by atoms with van der Waals surface area (Å²) in [5, 5.41) is 0. The molecule has 2 heteroatoms. The van der Waals surface area contributed by atoms with Crippen LogP contribution in [0.25, 0.3) is 0 Å². The molecule has 0 aliphatic carbocycles. The van der Waals surface area contributed by atoms with Crippen LogP contribution < -0.4 is 10.5 Å². The van der Waals surface area contributed by atoms with E-state index in [0.29, 0.717) is 0 Å². The molecule has 108 valence electrons. The molecule has 0 heterocycles. The number of rotatable bonds is 8. The smallest absolute Gasteiger partial charge is 0.122 e. The maximum Gasteiger partial charge on any atom is 0.122 e. The van der Waals surface area contributed by atoms with Crippen LogP contribution in [0.1, 0.15) is 50.7 Å². The molecule has 1 aromatic carbocycles. The molecule has 0 radical (unpaired) electrons. The van der Waals surface area contributed by atoms with Crippen molar-refractivity contribution >= 4 is 0 Å². The van der Waals surface area contributed by atoms with E-state index < -0.39 is 0 Å². The summed E-state index contributed by atoms with van der Waals surface area (Å²) >= 11 is 0. The number of aryl methyl sites for hydroxylation is 1. The molecule has 1 aromatic rings. The topological polar surface area (TPSA) is 35.2 Å². The highest BCUT2D eigenvalue weighted by Crippen LogP contribution is 2.35.